The van der Waals surface area contributed by atoms with Crippen LogP contribution in [0.25, 0.3) is 0 Å². The molecule has 1 saturated carbocycles. The van der Waals surface area contributed by atoms with Crippen molar-refractivity contribution in [2.75, 3.05) is 13.7 Å². The molecule has 4 heteroatoms. The first-order valence-corrected chi connectivity index (χ1v) is 8.38. The normalized spacial score (nSPS) is 13.4. The summed E-state index contributed by atoms with van der Waals surface area (Å²) in [6.45, 7) is 3.09. The molecule has 0 saturated heterocycles. The number of amides is 1. The van der Waals surface area contributed by atoms with Gasteiger partial charge in [-0.1, -0.05) is 30.3 Å². The molecule has 0 radical (unpaired) electrons. The van der Waals surface area contributed by atoms with E-state index in [9.17, 15) is 4.79 Å². The highest BCUT2D eigenvalue weighted by atomic mass is 16.5. The number of carbonyl (C=O) groups excluding carboxylic acids is 1. The Morgan fingerprint density at radius 3 is 2.50 bits per heavy atom. The Balaban J connectivity index is 1.83. The third kappa shape index (κ3) is 3.70. The lowest BCUT2D eigenvalue weighted by molar-refractivity contribution is 0.0729. The van der Waals surface area contributed by atoms with E-state index >= 15 is 0 Å². The Hall–Kier alpha value is -2.49. The van der Waals surface area contributed by atoms with Gasteiger partial charge in [-0.25, -0.2) is 0 Å². The molecule has 0 unspecified atom stereocenters. The molecule has 0 bridgehead atoms. The highest BCUT2D eigenvalue weighted by Crippen LogP contribution is 2.32. The van der Waals surface area contributed by atoms with Crippen LogP contribution in [0, 0.1) is 0 Å². The lowest BCUT2D eigenvalue weighted by Gasteiger charge is -2.23. The Morgan fingerprint density at radius 2 is 1.88 bits per heavy atom. The summed E-state index contributed by atoms with van der Waals surface area (Å²) in [6.07, 6.45) is 2.15. The van der Waals surface area contributed by atoms with Crippen LogP contribution >= 0.6 is 0 Å². The lowest BCUT2D eigenvalue weighted by Crippen LogP contribution is -2.32. The van der Waals surface area contributed by atoms with E-state index in [0.717, 1.165) is 18.4 Å². The van der Waals surface area contributed by atoms with E-state index in [0.29, 0.717) is 36.3 Å². The molecule has 4 nitrogen and oxygen atoms in total. The SMILES string of the molecule is CCOc1cc(C(=O)N(Cc2ccccc2)C2CC2)ccc1OC. The van der Waals surface area contributed by atoms with Gasteiger partial charge in [0.1, 0.15) is 0 Å². The zero-order valence-electron chi connectivity index (χ0n) is 14.2. The van der Waals surface area contributed by atoms with Crippen molar-refractivity contribution in [1.29, 1.82) is 0 Å². The lowest BCUT2D eigenvalue weighted by atomic mass is 10.1. The molecule has 0 heterocycles. The predicted molar refractivity (Wildman–Crippen MR) is 93.5 cm³/mol. The van der Waals surface area contributed by atoms with Crippen molar-refractivity contribution < 1.29 is 14.3 Å². The first-order valence-electron chi connectivity index (χ1n) is 8.38. The summed E-state index contributed by atoms with van der Waals surface area (Å²) < 4.78 is 10.9. The van der Waals surface area contributed by atoms with Crippen LogP contribution in [-0.2, 0) is 6.54 Å². The number of carbonyl (C=O) groups is 1. The molecule has 1 fully saturated rings. The van der Waals surface area contributed by atoms with Gasteiger partial charge in [0.25, 0.3) is 5.91 Å². The molecule has 24 heavy (non-hydrogen) atoms. The monoisotopic (exact) mass is 325 g/mol. The highest BCUT2D eigenvalue weighted by Gasteiger charge is 2.33. The molecule has 2 aromatic carbocycles. The molecule has 1 aliphatic carbocycles. The van der Waals surface area contributed by atoms with Crippen LogP contribution in [0.2, 0.25) is 0 Å². The van der Waals surface area contributed by atoms with Crippen molar-refractivity contribution in [2.45, 2.75) is 32.4 Å². The van der Waals surface area contributed by atoms with E-state index in [1.54, 1.807) is 19.2 Å². The second-order valence-electron chi connectivity index (χ2n) is 5.95. The van der Waals surface area contributed by atoms with E-state index < -0.39 is 0 Å². The average molecular weight is 325 g/mol. The van der Waals surface area contributed by atoms with Crippen LogP contribution in [0.15, 0.2) is 48.5 Å². The fourth-order valence-electron chi connectivity index (χ4n) is 2.78. The molecular formula is C20H23NO3. The maximum atomic E-state index is 13.0. The minimum atomic E-state index is 0.0463. The predicted octanol–water partition coefficient (Wildman–Crippen LogP) is 3.90. The van der Waals surface area contributed by atoms with Gasteiger partial charge in [0, 0.05) is 18.2 Å². The Morgan fingerprint density at radius 1 is 1.12 bits per heavy atom. The van der Waals surface area contributed by atoms with Crippen molar-refractivity contribution in [3.63, 3.8) is 0 Å². The summed E-state index contributed by atoms with van der Waals surface area (Å²) in [6, 6.07) is 15.8. The van der Waals surface area contributed by atoms with Crippen LogP contribution < -0.4 is 9.47 Å². The van der Waals surface area contributed by atoms with Crippen LogP contribution in [0.5, 0.6) is 11.5 Å². The van der Waals surface area contributed by atoms with Gasteiger partial charge in [-0.15, -0.1) is 0 Å². The van der Waals surface area contributed by atoms with Crippen LogP contribution in [0.4, 0.5) is 0 Å². The largest absolute Gasteiger partial charge is 0.493 e. The Labute approximate surface area is 143 Å². The molecule has 3 rings (SSSR count). The summed E-state index contributed by atoms with van der Waals surface area (Å²) in [4.78, 5) is 15.0. The minimum Gasteiger partial charge on any atom is -0.493 e. The minimum absolute atomic E-state index is 0.0463. The van der Waals surface area contributed by atoms with Gasteiger partial charge in [-0.3, -0.25) is 4.79 Å². The number of hydrogen-bond donors (Lipinski definition) is 0. The van der Waals surface area contributed by atoms with E-state index in [4.69, 9.17) is 9.47 Å². The smallest absolute Gasteiger partial charge is 0.254 e. The number of hydrogen-bond acceptors (Lipinski definition) is 3. The van der Waals surface area contributed by atoms with Crippen molar-refractivity contribution in [2.24, 2.45) is 0 Å². The third-order valence-corrected chi connectivity index (χ3v) is 4.15. The van der Waals surface area contributed by atoms with Crippen molar-refractivity contribution in [3.05, 3.63) is 59.7 Å². The maximum absolute atomic E-state index is 13.0. The molecule has 1 amide bonds. The number of nitrogens with zero attached hydrogens (tertiary/aromatic N) is 1. The van der Waals surface area contributed by atoms with Gasteiger partial charge in [0.2, 0.25) is 0 Å². The zero-order valence-corrected chi connectivity index (χ0v) is 14.2. The van der Waals surface area contributed by atoms with Gasteiger partial charge in [0.15, 0.2) is 11.5 Å². The number of methoxy groups -OCH3 is 1. The summed E-state index contributed by atoms with van der Waals surface area (Å²) >= 11 is 0. The molecule has 0 spiro atoms. The third-order valence-electron chi connectivity index (χ3n) is 4.15. The molecule has 1 aliphatic rings. The van der Waals surface area contributed by atoms with Crippen molar-refractivity contribution in [1.82, 2.24) is 4.90 Å². The fourth-order valence-corrected chi connectivity index (χ4v) is 2.78. The Bertz CT molecular complexity index is 695. The highest BCUT2D eigenvalue weighted by molar-refractivity contribution is 5.95. The Kier molecular flexibility index (Phi) is 5.04. The van der Waals surface area contributed by atoms with E-state index in [1.807, 2.05) is 36.1 Å². The van der Waals surface area contributed by atoms with Gasteiger partial charge >= 0.3 is 0 Å². The van der Waals surface area contributed by atoms with E-state index in [2.05, 4.69) is 12.1 Å². The molecule has 126 valence electrons. The van der Waals surface area contributed by atoms with Gasteiger partial charge in [0.05, 0.1) is 13.7 Å². The number of ether oxygens (including phenoxy) is 2. The molecule has 0 aliphatic heterocycles. The number of benzene rings is 2. The average Bonchev–Trinajstić information content (AvgIpc) is 3.45. The molecule has 0 aromatic heterocycles. The topological polar surface area (TPSA) is 38.8 Å². The van der Waals surface area contributed by atoms with Gasteiger partial charge in [-0.05, 0) is 43.5 Å². The fraction of sp³-hybridized carbons (Fsp3) is 0.350. The second-order valence-corrected chi connectivity index (χ2v) is 5.95. The molecular weight excluding hydrogens is 302 g/mol. The molecule has 2 aromatic rings. The van der Waals surface area contributed by atoms with Crippen LogP contribution in [0.1, 0.15) is 35.7 Å². The van der Waals surface area contributed by atoms with Gasteiger partial charge in [-0.2, -0.15) is 0 Å². The first-order chi connectivity index (χ1) is 11.7. The van der Waals surface area contributed by atoms with Crippen LogP contribution in [0.3, 0.4) is 0 Å². The van der Waals surface area contributed by atoms with E-state index in [-0.39, 0.29) is 5.91 Å². The van der Waals surface area contributed by atoms with Crippen molar-refractivity contribution in [3.8, 4) is 11.5 Å². The number of rotatable bonds is 7. The second kappa shape index (κ2) is 7.39. The quantitative estimate of drug-likeness (QED) is 0.775. The molecule has 0 N–H and O–H groups in total. The van der Waals surface area contributed by atoms with Gasteiger partial charge < -0.3 is 14.4 Å². The first kappa shape index (κ1) is 16.4. The van der Waals surface area contributed by atoms with E-state index in [1.165, 1.54) is 0 Å². The summed E-state index contributed by atoms with van der Waals surface area (Å²) in [5.41, 5.74) is 1.79. The summed E-state index contributed by atoms with van der Waals surface area (Å²) in [7, 11) is 1.60. The molecule has 0 atom stereocenters. The van der Waals surface area contributed by atoms with Crippen LogP contribution in [-0.4, -0.2) is 30.6 Å². The summed E-state index contributed by atoms with van der Waals surface area (Å²) in [5.74, 6) is 1.31. The maximum Gasteiger partial charge on any atom is 0.254 e. The zero-order chi connectivity index (χ0) is 16.9. The standard InChI is InChI=1S/C20H23NO3/c1-3-24-19-13-16(9-12-18(19)23-2)20(22)21(17-10-11-17)14-15-7-5-4-6-8-15/h4-9,12-13,17H,3,10-11,14H2,1-2H3. The van der Waals surface area contributed by atoms with Crippen molar-refractivity contribution >= 4 is 5.91 Å². The summed E-state index contributed by atoms with van der Waals surface area (Å²) in [5, 5.41) is 0.